The second kappa shape index (κ2) is 10.9. The lowest BCUT2D eigenvalue weighted by molar-refractivity contribution is -0.155. The molecule has 96 valence electrons. The summed E-state index contributed by atoms with van der Waals surface area (Å²) in [5.41, 5.74) is 0. The van der Waals surface area contributed by atoms with Crippen LogP contribution in [0.3, 0.4) is 0 Å². The van der Waals surface area contributed by atoms with E-state index < -0.39 is 6.10 Å². The first-order valence-electron chi connectivity index (χ1n) is 6.03. The van der Waals surface area contributed by atoms with Crippen LogP contribution in [-0.2, 0) is 19.0 Å². The van der Waals surface area contributed by atoms with Gasteiger partial charge in [0, 0.05) is 6.61 Å². The molecule has 0 fully saturated rings. The van der Waals surface area contributed by atoms with Crippen molar-refractivity contribution in [2.24, 2.45) is 0 Å². The van der Waals surface area contributed by atoms with Crippen molar-refractivity contribution in [1.82, 2.24) is 0 Å². The second-order valence-electron chi connectivity index (χ2n) is 3.64. The van der Waals surface area contributed by atoms with E-state index in [4.69, 9.17) is 9.47 Å². The molecule has 0 aliphatic carbocycles. The minimum absolute atomic E-state index is 0.288. The van der Waals surface area contributed by atoms with Gasteiger partial charge in [-0.15, -0.1) is 0 Å². The Kier molecular flexibility index (Phi) is 10.5. The number of hydrogen-bond acceptors (Lipinski definition) is 4. The molecular formula is C12H24O4. The van der Waals surface area contributed by atoms with Crippen LogP contribution in [0, 0.1) is 0 Å². The summed E-state index contributed by atoms with van der Waals surface area (Å²) in [6.45, 7) is 5.86. The molecule has 1 unspecified atom stereocenters. The number of ether oxygens (including phenoxy) is 3. The topological polar surface area (TPSA) is 44.8 Å². The molecule has 1 atom stereocenters. The predicted octanol–water partition coefficient (Wildman–Crippen LogP) is 2.16. The van der Waals surface area contributed by atoms with Crippen molar-refractivity contribution >= 4 is 5.97 Å². The summed E-state index contributed by atoms with van der Waals surface area (Å²) in [5, 5.41) is 0. The molecule has 0 amide bonds. The van der Waals surface area contributed by atoms with Gasteiger partial charge in [0.2, 0.25) is 0 Å². The molecule has 16 heavy (non-hydrogen) atoms. The van der Waals surface area contributed by atoms with E-state index in [-0.39, 0.29) is 5.97 Å². The number of carbonyl (C=O) groups excluding carboxylic acids is 1. The van der Waals surface area contributed by atoms with Crippen LogP contribution in [0.4, 0.5) is 0 Å². The molecule has 4 heteroatoms. The Morgan fingerprint density at radius 3 is 2.44 bits per heavy atom. The van der Waals surface area contributed by atoms with Gasteiger partial charge in [-0.25, -0.2) is 4.79 Å². The highest BCUT2D eigenvalue weighted by molar-refractivity contribution is 5.74. The lowest BCUT2D eigenvalue weighted by atomic mass is 10.1. The van der Waals surface area contributed by atoms with Crippen molar-refractivity contribution in [2.75, 3.05) is 26.9 Å². The van der Waals surface area contributed by atoms with Crippen LogP contribution >= 0.6 is 0 Å². The summed E-state index contributed by atoms with van der Waals surface area (Å²) in [7, 11) is 1.39. The summed E-state index contributed by atoms with van der Waals surface area (Å²) >= 11 is 0. The Labute approximate surface area is 98.3 Å². The van der Waals surface area contributed by atoms with Gasteiger partial charge in [0.1, 0.15) is 0 Å². The maximum Gasteiger partial charge on any atom is 0.334 e. The third-order valence-corrected chi connectivity index (χ3v) is 2.18. The largest absolute Gasteiger partial charge is 0.467 e. The maximum atomic E-state index is 11.3. The molecule has 0 aliphatic heterocycles. The highest BCUT2D eigenvalue weighted by Gasteiger charge is 2.18. The summed E-state index contributed by atoms with van der Waals surface area (Å²) < 4.78 is 15.4. The van der Waals surface area contributed by atoms with Crippen molar-refractivity contribution in [1.29, 1.82) is 0 Å². The SMILES string of the molecule is CCCCC(OCCOCCC)C(=O)OC. The van der Waals surface area contributed by atoms with E-state index >= 15 is 0 Å². The average Bonchev–Trinajstić information content (AvgIpc) is 2.31. The molecule has 0 N–H and O–H groups in total. The molecule has 0 saturated carbocycles. The minimum atomic E-state index is -0.435. The van der Waals surface area contributed by atoms with Gasteiger partial charge in [-0.2, -0.15) is 0 Å². The van der Waals surface area contributed by atoms with Crippen LogP contribution in [0.15, 0.2) is 0 Å². The Bertz CT molecular complexity index is 170. The zero-order valence-electron chi connectivity index (χ0n) is 10.7. The molecule has 0 aromatic heterocycles. The molecule has 0 saturated heterocycles. The second-order valence-corrected chi connectivity index (χ2v) is 3.64. The van der Waals surface area contributed by atoms with Crippen LogP contribution in [0.5, 0.6) is 0 Å². The van der Waals surface area contributed by atoms with E-state index in [1.165, 1.54) is 7.11 Å². The van der Waals surface area contributed by atoms with E-state index in [9.17, 15) is 4.79 Å². The van der Waals surface area contributed by atoms with Gasteiger partial charge in [0.15, 0.2) is 6.10 Å². The highest BCUT2D eigenvalue weighted by atomic mass is 16.6. The minimum Gasteiger partial charge on any atom is -0.467 e. The molecule has 0 rings (SSSR count). The van der Waals surface area contributed by atoms with Crippen molar-refractivity contribution < 1.29 is 19.0 Å². The normalized spacial score (nSPS) is 12.4. The van der Waals surface area contributed by atoms with Crippen LogP contribution in [0.25, 0.3) is 0 Å². The number of esters is 1. The third-order valence-electron chi connectivity index (χ3n) is 2.18. The molecule has 0 aromatic rings. The predicted molar refractivity (Wildman–Crippen MR) is 62.4 cm³/mol. The summed E-state index contributed by atoms with van der Waals surface area (Å²) in [6.07, 6.45) is 3.29. The number of methoxy groups -OCH3 is 1. The molecule has 0 bridgehead atoms. The van der Waals surface area contributed by atoms with Crippen LogP contribution in [-0.4, -0.2) is 39.0 Å². The first-order valence-corrected chi connectivity index (χ1v) is 6.03. The third kappa shape index (κ3) is 7.65. The first kappa shape index (κ1) is 15.4. The van der Waals surface area contributed by atoms with Gasteiger partial charge in [0.25, 0.3) is 0 Å². The standard InChI is InChI=1S/C12H24O4/c1-4-6-7-11(12(13)14-3)16-10-9-15-8-5-2/h11H,4-10H2,1-3H3. The number of rotatable bonds is 10. The molecule has 0 aromatic carbocycles. The summed E-state index contributed by atoms with van der Waals surface area (Å²) in [4.78, 5) is 11.3. The highest BCUT2D eigenvalue weighted by Crippen LogP contribution is 2.06. The van der Waals surface area contributed by atoms with Crippen LogP contribution in [0.2, 0.25) is 0 Å². The number of unbranched alkanes of at least 4 members (excludes halogenated alkanes) is 1. The van der Waals surface area contributed by atoms with Gasteiger partial charge in [-0.05, 0) is 12.8 Å². The molecule has 0 heterocycles. The van der Waals surface area contributed by atoms with Gasteiger partial charge in [-0.1, -0.05) is 26.7 Å². The average molecular weight is 232 g/mol. The Balaban J connectivity index is 3.69. The van der Waals surface area contributed by atoms with Gasteiger partial charge < -0.3 is 14.2 Å². The van der Waals surface area contributed by atoms with E-state index in [1.54, 1.807) is 0 Å². The fourth-order valence-corrected chi connectivity index (χ4v) is 1.29. The zero-order chi connectivity index (χ0) is 12.2. The zero-order valence-corrected chi connectivity index (χ0v) is 10.7. The molecule has 0 aliphatic rings. The van der Waals surface area contributed by atoms with Gasteiger partial charge in [-0.3, -0.25) is 0 Å². The Morgan fingerprint density at radius 2 is 1.88 bits per heavy atom. The fraction of sp³-hybridized carbons (Fsp3) is 0.917. The molecule has 4 nitrogen and oxygen atoms in total. The molecule has 0 spiro atoms. The van der Waals surface area contributed by atoms with E-state index in [0.29, 0.717) is 13.2 Å². The fourth-order valence-electron chi connectivity index (χ4n) is 1.29. The van der Waals surface area contributed by atoms with Crippen molar-refractivity contribution in [3.8, 4) is 0 Å². The lowest BCUT2D eigenvalue weighted by Gasteiger charge is -2.15. The van der Waals surface area contributed by atoms with Crippen molar-refractivity contribution in [3.05, 3.63) is 0 Å². The first-order chi connectivity index (χ1) is 7.76. The van der Waals surface area contributed by atoms with Crippen LogP contribution < -0.4 is 0 Å². The maximum absolute atomic E-state index is 11.3. The number of hydrogen-bond donors (Lipinski definition) is 0. The van der Waals surface area contributed by atoms with Crippen molar-refractivity contribution in [2.45, 2.75) is 45.6 Å². The summed E-state index contributed by atoms with van der Waals surface area (Å²) in [5.74, 6) is -0.288. The monoisotopic (exact) mass is 232 g/mol. The van der Waals surface area contributed by atoms with Gasteiger partial charge >= 0.3 is 5.97 Å². The van der Waals surface area contributed by atoms with Crippen molar-refractivity contribution in [3.63, 3.8) is 0 Å². The van der Waals surface area contributed by atoms with E-state index in [2.05, 4.69) is 18.6 Å². The Morgan fingerprint density at radius 1 is 1.12 bits per heavy atom. The van der Waals surface area contributed by atoms with Crippen LogP contribution in [0.1, 0.15) is 39.5 Å². The lowest BCUT2D eigenvalue weighted by Crippen LogP contribution is -2.27. The molecular weight excluding hydrogens is 208 g/mol. The van der Waals surface area contributed by atoms with E-state index in [0.717, 1.165) is 32.3 Å². The number of carbonyl (C=O) groups is 1. The summed E-state index contributed by atoms with van der Waals surface area (Å²) in [6, 6.07) is 0. The molecule has 0 radical (unpaired) electrons. The Hall–Kier alpha value is -0.610. The smallest absolute Gasteiger partial charge is 0.334 e. The van der Waals surface area contributed by atoms with E-state index in [1.807, 2.05) is 0 Å². The van der Waals surface area contributed by atoms with Gasteiger partial charge in [0.05, 0.1) is 20.3 Å². The quantitative estimate of drug-likeness (QED) is 0.428.